The van der Waals surface area contributed by atoms with Gasteiger partial charge in [-0.2, -0.15) is 4.72 Å². The van der Waals surface area contributed by atoms with Gasteiger partial charge in [-0.15, -0.1) is 0 Å². The zero-order valence-corrected chi connectivity index (χ0v) is 15.4. The molecular formula is C15H14BrN3O5S. The molecule has 0 saturated heterocycles. The van der Waals surface area contributed by atoms with E-state index in [0.717, 1.165) is 4.47 Å². The molecule has 0 spiro atoms. The number of nitro groups is 1. The largest absolute Gasteiger partial charge is 0.324 e. The minimum atomic E-state index is -3.88. The van der Waals surface area contributed by atoms with Gasteiger partial charge in [-0.1, -0.05) is 22.0 Å². The Labute approximate surface area is 152 Å². The lowest BCUT2D eigenvalue weighted by Crippen LogP contribution is -2.41. The SMILES string of the molecule is C[C@H](NS(=O)(=O)c1ccc(Br)cc1)C(=O)Nc1cccc([N+](=O)[O-])c1. The normalized spacial score (nSPS) is 12.4. The fourth-order valence-electron chi connectivity index (χ4n) is 1.92. The van der Waals surface area contributed by atoms with Crippen molar-refractivity contribution in [2.75, 3.05) is 5.32 Å². The van der Waals surface area contributed by atoms with E-state index in [1.165, 1.54) is 43.3 Å². The number of rotatable bonds is 6. The average Bonchev–Trinajstić information content (AvgIpc) is 2.55. The first-order valence-electron chi connectivity index (χ1n) is 7.02. The van der Waals surface area contributed by atoms with Gasteiger partial charge in [0.15, 0.2) is 0 Å². The number of halogens is 1. The maximum atomic E-state index is 12.3. The van der Waals surface area contributed by atoms with Crippen molar-refractivity contribution in [3.05, 3.63) is 63.1 Å². The second-order valence-electron chi connectivity index (χ2n) is 5.09. The molecule has 1 amide bonds. The summed E-state index contributed by atoms with van der Waals surface area (Å²) in [6.07, 6.45) is 0. The van der Waals surface area contributed by atoms with Gasteiger partial charge in [0, 0.05) is 22.3 Å². The minimum Gasteiger partial charge on any atom is -0.324 e. The monoisotopic (exact) mass is 427 g/mol. The quantitative estimate of drug-likeness (QED) is 0.542. The average molecular weight is 428 g/mol. The smallest absolute Gasteiger partial charge is 0.271 e. The molecule has 2 rings (SSSR count). The maximum absolute atomic E-state index is 12.3. The summed E-state index contributed by atoms with van der Waals surface area (Å²) in [5.74, 6) is -0.638. The lowest BCUT2D eigenvalue weighted by atomic mass is 10.2. The first-order valence-corrected chi connectivity index (χ1v) is 9.30. The number of carbonyl (C=O) groups is 1. The second-order valence-corrected chi connectivity index (χ2v) is 7.72. The highest BCUT2D eigenvalue weighted by Gasteiger charge is 2.22. The van der Waals surface area contributed by atoms with E-state index < -0.39 is 26.9 Å². The fourth-order valence-corrected chi connectivity index (χ4v) is 3.38. The van der Waals surface area contributed by atoms with Crippen molar-refractivity contribution in [2.24, 2.45) is 0 Å². The van der Waals surface area contributed by atoms with Gasteiger partial charge >= 0.3 is 0 Å². The van der Waals surface area contributed by atoms with Gasteiger partial charge < -0.3 is 5.32 Å². The van der Waals surface area contributed by atoms with Crippen molar-refractivity contribution in [2.45, 2.75) is 17.9 Å². The number of sulfonamides is 1. The summed E-state index contributed by atoms with van der Waals surface area (Å²) >= 11 is 3.21. The Kier molecular flexibility index (Phi) is 5.88. The molecule has 10 heteroatoms. The molecule has 0 radical (unpaired) electrons. The van der Waals surface area contributed by atoms with Crippen LogP contribution in [0, 0.1) is 10.1 Å². The van der Waals surface area contributed by atoms with Gasteiger partial charge in [-0.05, 0) is 37.3 Å². The molecule has 0 heterocycles. The third-order valence-electron chi connectivity index (χ3n) is 3.17. The number of carbonyl (C=O) groups excluding carboxylic acids is 1. The van der Waals surface area contributed by atoms with E-state index in [1.807, 2.05) is 0 Å². The van der Waals surface area contributed by atoms with Crippen LogP contribution in [0.25, 0.3) is 0 Å². The molecule has 8 nitrogen and oxygen atoms in total. The highest BCUT2D eigenvalue weighted by Crippen LogP contribution is 2.18. The number of amides is 1. The number of benzene rings is 2. The zero-order chi connectivity index (χ0) is 18.6. The molecule has 0 aliphatic heterocycles. The van der Waals surface area contributed by atoms with Gasteiger partial charge in [0.1, 0.15) is 0 Å². The van der Waals surface area contributed by atoms with Crippen molar-refractivity contribution < 1.29 is 18.1 Å². The first kappa shape index (κ1) is 19.0. The molecule has 0 bridgehead atoms. The van der Waals surface area contributed by atoms with Crippen molar-refractivity contribution in [1.82, 2.24) is 4.72 Å². The van der Waals surface area contributed by atoms with Crippen LogP contribution < -0.4 is 10.0 Å². The molecule has 25 heavy (non-hydrogen) atoms. The summed E-state index contributed by atoms with van der Waals surface area (Å²) in [6, 6.07) is 10.2. The van der Waals surface area contributed by atoms with Crippen LogP contribution >= 0.6 is 15.9 Å². The molecule has 132 valence electrons. The molecule has 2 aromatic rings. The molecular weight excluding hydrogens is 414 g/mol. The third kappa shape index (κ3) is 5.08. The Balaban J connectivity index is 2.08. The van der Waals surface area contributed by atoms with Crippen LogP contribution in [-0.2, 0) is 14.8 Å². The highest BCUT2D eigenvalue weighted by atomic mass is 79.9. The molecule has 2 aromatic carbocycles. The Bertz CT molecular complexity index is 900. The van der Waals surface area contributed by atoms with Crippen LogP contribution in [-0.4, -0.2) is 25.3 Å². The predicted molar refractivity (Wildman–Crippen MR) is 95.7 cm³/mol. The highest BCUT2D eigenvalue weighted by molar-refractivity contribution is 9.10. The minimum absolute atomic E-state index is 0.0192. The zero-order valence-electron chi connectivity index (χ0n) is 13.0. The number of nitrogens with zero attached hydrogens (tertiary/aromatic N) is 1. The van der Waals surface area contributed by atoms with E-state index in [2.05, 4.69) is 26.0 Å². The Morgan fingerprint density at radius 3 is 2.44 bits per heavy atom. The lowest BCUT2D eigenvalue weighted by molar-refractivity contribution is -0.384. The third-order valence-corrected chi connectivity index (χ3v) is 5.26. The molecule has 2 N–H and O–H groups in total. The summed E-state index contributed by atoms with van der Waals surface area (Å²) in [5, 5.41) is 13.2. The van der Waals surface area contributed by atoms with Crippen LogP contribution in [0.2, 0.25) is 0 Å². The van der Waals surface area contributed by atoms with Crippen LogP contribution in [0.4, 0.5) is 11.4 Å². The molecule has 0 saturated carbocycles. The van der Waals surface area contributed by atoms with Crippen molar-refractivity contribution in [1.29, 1.82) is 0 Å². The van der Waals surface area contributed by atoms with E-state index in [1.54, 1.807) is 12.1 Å². The molecule has 0 aromatic heterocycles. The number of non-ortho nitro benzene ring substituents is 1. The topological polar surface area (TPSA) is 118 Å². The molecule has 0 unspecified atom stereocenters. The molecule has 0 aliphatic rings. The summed E-state index contributed by atoms with van der Waals surface area (Å²) in [5.41, 5.74) is 0.0229. The van der Waals surface area contributed by atoms with E-state index in [4.69, 9.17) is 0 Å². The van der Waals surface area contributed by atoms with Crippen LogP contribution in [0.15, 0.2) is 57.9 Å². The standard InChI is InChI=1S/C15H14BrN3O5S/c1-10(18-25(23,24)14-7-5-11(16)6-8-14)15(20)17-12-3-2-4-13(9-12)19(21)22/h2-10,18H,1H3,(H,17,20)/t10-/m0/s1. The van der Waals surface area contributed by atoms with E-state index in [9.17, 15) is 23.3 Å². The number of hydrogen-bond acceptors (Lipinski definition) is 5. The Hall–Kier alpha value is -2.30. The molecule has 0 aliphatic carbocycles. The van der Waals surface area contributed by atoms with Gasteiger partial charge in [-0.25, -0.2) is 8.42 Å². The van der Waals surface area contributed by atoms with Crippen LogP contribution in [0.1, 0.15) is 6.92 Å². The second kappa shape index (κ2) is 7.72. The van der Waals surface area contributed by atoms with E-state index >= 15 is 0 Å². The van der Waals surface area contributed by atoms with Gasteiger partial charge in [0.2, 0.25) is 15.9 Å². The van der Waals surface area contributed by atoms with E-state index in [-0.39, 0.29) is 16.3 Å². The van der Waals surface area contributed by atoms with Crippen molar-refractivity contribution in [3.63, 3.8) is 0 Å². The maximum Gasteiger partial charge on any atom is 0.271 e. The number of anilines is 1. The summed E-state index contributed by atoms with van der Waals surface area (Å²) in [7, 11) is -3.88. The number of nitrogens with one attached hydrogen (secondary N) is 2. The summed E-state index contributed by atoms with van der Waals surface area (Å²) < 4.78 is 27.5. The van der Waals surface area contributed by atoms with Crippen LogP contribution in [0.3, 0.4) is 0 Å². The van der Waals surface area contributed by atoms with Crippen LogP contribution in [0.5, 0.6) is 0 Å². The van der Waals surface area contributed by atoms with E-state index in [0.29, 0.717) is 0 Å². The summed E-state index contributed by atoms with van der Waals surface area (Å²) in [4.78, 5) is 22.3. The molecule has 1 atom stereocenters. The van der Waals surface area contributed by atoms with Gasteiger partial charge in [0.05, 0.1) is 15.9 Å². The van der Waals surface area contributed by atoms with Crippen molar-refractivity contribution >= 4 is 43.2 Å². The predicted octanol–water partition coefficient (Wildman–Crippen LogP) is 2.66. The Morgan fingerprint density at radius 1 is 1.20 bits per heavy atom. The van der Waals surface area contributed by atoms with Crippen molar-refractivity contribution in [3.8, 4) is 0 Å². The summed E-state index contributed by atoms with van der Waals surface area (Å²) in [6.45, 7) is 1.38. The fraction of sp³-hybridized carbons (Fsp3) is 0.133. The number of hydrogen-bond donors (Lipinski definition) is 2. The lowest BCUT2D eigenvalue weighted by Gasteiger charge is -2.14. The first-order chi connectivity index (χ1) is 11.7. The molecule has 0 fully saturated rings. The number of nitro benzene ring substituents is 1. The van der Waals surface area contributed by atoms with Gasteiger partial charge in [0.25, 0.3) is 5.69 Å². The van der Waals surface area contributed by atoms with Gasteiger partial charge in [-0.3, -0.25) is 14.9 Å². The Morgan fingerprint density at radius 2 is 1.84 bits per heavy atom.